The number of hydrogen-bond donors (Lipinski definition) is 0. The summed E-state index contributed by atoms with van der Waals surface area (Å²) in [6.45, 7) is 1.54. The van der Waals surface area contributed by atoms with Crippen molar-refractivity contribution in [1.82, 2.24) is 9.47 Å². The molecule has 2 aliphatic rings. The van der Waals surface area contributed by atoms with E-state index >= 15 is 0 Å². The summed E-state index contributed by atoms with van der Waals surface area (Å²) in [5.74, 6) is -0.663. The largest absolute Gasteiger partial charge is 0.337 e. The number of hydrogen-bond acceptors (Lipinski definition) is 4. The standard InChI is InChI=1S/C27H23ClFN3O3/c1-15(33)20-13-31(22-5-3-2-4-19(20)22)14-26(35)32-23-10-18(23)11-24(32)25(34)7-6-17-8-16(12-30)9-21(28)27(17)29/h2-5,8-9,13,18,23-24H,6-7,10-11,14H2,1H3/t18-,23-,24+/m1/s1. The van der Waals surface area contributed by atoms with Crippen molar-refractivity contribution in [2.45, 2.75) is 51.2 Å². The van der Waals surface area contributed by atoms with Gasteiger partial charge in [0.15, 0.2) is 11.6 Å². The minimum absolute atomic E-state index is 0.0369. The zero-order valence-electron chi connectivity index (χ0n) is 19.1. The summed E-state index contributed by atoms with van der Waals surface area (Å²) in [7, 11) is 0. The second-order valence-corrected chi connectivity index (χ2v) is 9.78. The lowest BCUT2D eigenvalue weighted by molar-refractivity contribution is -0.139. The Morgan fingerprint density at radius 3 is 2.71 bits per heavy atom. The third kappa shape index (κ3) is 4.23. The average molecular weight is 492 g/mol. The van der Waals surface area contributed by atoms with Gasteiger partial charge in [-0.25, -0.2) is 4.39 Å². The normalized spacial score (nSPS) is 20.5. The Bertz CT molecular complexity index is 1420. The molecular formula is C27H23ClFN3O3. The molecule has 0 N–H and O–H groups in total. The highest BCUT2D eigenvalue weighted by Crippen LogP contribution is 2.48. The van der Waals surface area contributed by atoms with Crippen LogP contribution in [0.5, 0.6) is 0 Å². The number of carbonyl (C=O) groups excluding carboxylic acids is 3. The van der Waals surface area contributed by atoms with Gasteiger partial charge in [0.25, 0.3) is 0 Å². The third-order valence-corrected chi connectivity index (χ3v) is 7.39. The van der Waals surface area contributed by atoms with Crippen LogP contribution in [-0.4, -0.2) is 39.0 Å². The molecule has 5 rings (SSSR count). The monoisotopic (exact) mass is 491 g/mol. The molecule has 1 saturated carbocycles. The number of amides is 1. The van der Waals surface area contributed by atoms with Gasteiger partial charge in [0.05, 0.1) is 22.7 Å². The van der Waals surface area contributed by atoms with Crippen molar-refractivity contribution in [3.63, 3.8) is 0 Å². The number of rotatable bonds is 7. The van der Waals surface area contributed by atoms with E-state index in [4.69, 9.17) is 16.9 Å². The minimum Gasteiger partial charge on any atom is -0.337 e. The molecule has 0 bridgehead atoms. The average Bonchev–Trinajstić information content (AvgIpc) is 3.34. The highest BCUT2D eigenvalue weighted by molar-refractivity contribution is 6.30. The van der Waals surface area contributed by atoms with Crippen LogP contribution in [-0.2, 0) is 22.6 Å². The molecule has 2 aromatic carbocycles. The number of fused-ring (bicyclic) bond motifs is 2. The Kier molecular flexibility index (Phi) is 5.94. The highest BCUT2D eigenvalue weighted by Gasteiger charge is 2.55. The second-order valence-electron chi connectivity index (χ2n) is 9.37. The molecule has 1 aliphatic carbocycles. The number of likely N-dealkylation sites (tertiary alicyclic amines) is 1. The number of para-hydroxylation sites is 1. The smallest absolute Gasteiger partial charge is 0.243 e. The molecule has 6 nitrogen and oxygen atoms in total. The number of ketones is 2. The molecule has 8 heteroatoms. The van der Waals surface area contributed by atoms with Gasteiger partial charge in [0, 0.05) is 35.1 Å². The molecule has 3 aromatic rings. The molecule has 0 spiro atoms. The lowest BCUT2D eigenvalue weighted by atomic mass is 9.99. The van der Waals surface area contributed by atoms with E-state index in [1.807, 2.05) is 30.3 Å². The first-order chi connectivity index (χ1) is 16.8. The Morgan fingerprint density at radius 2 is 1.97 bits per heavy atom. The van der Waals surface area contributed by atoms with Gasteiger partial charge in [-0.2, -0.15) is 5.26 Å². The molecular weight excluding hydrogens is 469 g/mol. The first kappa shape index (κ1) is 23.3. The zero-order valence-corrected chi connectivity index (χ0v) is 19.9. The number of halogens is 2. The maximum Gasteiger partial charge on any atom is 0.243 e. The fourth-order valence-electron chi connectivity index (χ4n) is 5.30. The van der Waals surface area contributed by atoms with E-state index in [1.165, 1.54) is 19.1 Å². The van der Waals surface area contributed by atoms with Crippen molar-refractivity contribution in [3.05, 3.63) is 70.1 Å². The molecule has 1 saturated heterocycles. The fourth-order valence-corrected chi connectivity index (χ4v) is 5.54. The predicted octanol–water partition coefficient (Wildman–Crippen LogP) is 4.70. The van der Waals surface area contributed by atoms with Gasteiger partial charge in [-0.05, 0) is 55.9 Å². The molecule has 0 unspecified atom stereocenters. The summed E-state index contributed by atoms with van der Waals surface area (Å²) in [6, 6.07) is 11.6. The van der Waals surface area contributed by atoms with Crippen molar-refractivity contribution >= 4 is 40.0 Å². The fraction of sp³-hybridized carbons (Fsp3) is 0.333. The minimum atomic E-state index is -0.624. The predicted molar refractivity (Wildman–Crippen MR) is 129 cm³/mol. The van der Waals surface area contributed by atoms with E-state index in [-0.39, 0.29) is 59.1 Å². The van der Waals surface area contributed by atoms with Gasteiger partial charge in [0.1, 0.15) is 12.4 Å². The third-order valence-electron chi connectivity index (χ3n) is 7.11. The van der Waals surface area contributed by atoms with Crippen LogP contribution in [0.15, 0.2) is 42.6 Å². The Labute approximate surface area is 206 Å². The Hall–Kier alpha value is -3.50. The van der Waals surface area contributed by atoms with Crippen LogP contribution in [0, 0.1) is 23.1 Å². The van der Waals surface area contributed by atoms with E-state index < -0.39 is 11.9 Å². The molecule has 178 valence electrons. The summed E-state index contributed by atoms with van der Waals surface area (Å²) in [5, 5.41) is 9.77. The van der Waals surface area contributed by atoms with Gasteiger partial charge in [-0.1, -0.05) is 29.8 Å². The first-order valence-corrected chi connectivity index (χ1v) is 12.0. The lowest BCUT2D eigenvalue weighted by Gasteiger charge is -2.27. The summed E-state index contributed by atoms with van der Waals surface area (Å²) >= 11 is 5.88. The van der Waals surface area contributed by atoms with E-state index in [9.17, 15) is 18.8 Å². The van der Waals surface area contributed by atoms with E-state index in [1.54, 1.807) is 15.7 Å². The quantitative estimate of drug-likeness (QED) is 0.448. The second kappa shape index (κ2) is 8.94. The van der Waals surface area contributed by atoms with E-state index in [0.29, 0.717) is 17.9 Å². The molecule has 0 radical (unpaired) electrons. The number of aromatic nitrogens is 1. The van der Waals surface area contributed by atoms with Crippen LogP contribution in [0.4, 0.5) is 4.39 Å². The number of nitrogens with zero attached hydrogens (tertiary/aromatic N) is 3. The molecule has 2 heterocycles. The number of Topliss-reactive ketones (excluding diaryl/α,β-unsaturated/α-hetero) is 2. The Balaban J connectivity index is 1.33. The SMILES string of the molecule is CC(=O)c1cn(CC(=O)N2[C@@H]3C[C@@H]3C[C@H]2C(=O)CCc2cc(C#N)cc(Cl)c2F)c2ccccc12. The molecule has 35 heavy (non-hydrogen) atoms. The van der Waals surface area contributed by atoms with Gasteiger partial charge >= 0.3 is 0 Å². The van der Waals surface area contributed by atoms with E-state index in [0.717, 1.165) is 17.3 Å². The van der Waals surface area contributed by atoms with Crippen molar-refractivity contribution in [3.8, 4) is 6.07 Å². The Morgan fingerprint density at radius 1 is 1.20 bits per heavy atom. The molecule has 1 aromatic heterocycles. The lowest BCUT2D eigenvalue weighted by Crippen LogP contribution is -2.44. The van der Waals surface area contributed by atoms with Gasteiger partial charge in [-0.15, -0.1) is 0 Å². The van der Waals surface area contributed by atoms with Crippen molar-refractivity contribution in [2.75, 3.05) is 0 Å². The van der Waals surface area contributed by atoms with Crippen LogP contribution in [0.3, 0.4) is 0 Å². The maximum absolute atomic E-state index is 14.4. The van der Waals surface area contributed by atoms with Gasteiger partial charge in [-0.3, -0.25) is 14.4 Å². The molecule has 1 amide bonds. The first-order valence-electron chi connectivity index (χ1n) is 11.6. The number of nitriles is 1. The summed E-state index contributed by atoms with van der Waals surface area (Å²) in [5.41, 5.74) is 1.82. The number of aryl methyl sites for hydroxylation is 1. The summed E-state index contributed by atoms with van der Waals surface area (Å²) < 4.78 is 16.2. The number of piperidine rings is 1. The van der Waals surface area contributed by atoms with E-state index in [2.05, 4.69) is 0 Å². The summed E-state index contributed by atoms with van der Waals surface area (Å²) in [6.07, 6.45) is 3.36. The van der Waals surface area contributed by atoms with Crippen LogP contribution in [0.2, 0.25) is 5.02 Å². The van der Waals surface area contributed by atoms with Crippen LogP contribution in [0.25, 0.3) is 10.9 Å². The van der Waals surface area contributed by atoms with Crippen molar-refractivity contribution in [2.24, 2.45) is 5.92 Å². The van der Waals surface area contributed by atoms with Gasteiger partial charge < -0.3 is 9.47 Å². The molecule has 1 aliphatic heterocycles. The topological polar surface area (TPSA) is 83.2 Å². The number of benzene rings is 2. The highest BCUT2D eigenvalue weighted by atomic mass is 35.5. The van der Waals surface area contributed by atoms with Gasteiger partial charge in [0.2, 0.25) is 5.91 Å². The van der Waals surface area contributed by atoms with Crippen LogP contribution in [0.1, 0.15) is 47.7 Å². The van der Waals surface area contributed by atoms with Crippen LogP contribution < -0.4 is 0 Å². The number of carbonyl (C=O) groups is 3. The maximum atomic E-state index is 14.4. The van der Waals surface area contributed by atoms with Crippen LogP contribution >= 0.6 is 11.6 Å². The molecule has 3 atom stereocenters. The zero-order chi connectivity index (χ0) is 24.9. The molecule has 2 fully saturated rings. The van der Waals surface area contributed by atoms with Crippen molar-refractivity contribution in [1.29, 1.82) is 5.26 Å². The van der Waals surface area contributed by atoms with Crippen molar-refractivity contribution < 1.29 is 18.8 Å². The summed E-state index contributed by atoms with van der Waals surface area (Å²) in [4.78, 5) is 40.3.